The zero-order chi connectivity index (χ0) is 15.0. The van der Waals surface area contributed by atoms with E-state index in [0.717, 1.165) is 4.91 Å². The molecule has 0 aromatic rings. The second kappa shape index (κ2) is 5.59. The molecule has 110 valence electrons. The molecule has 4 N–H and O–H groups in total. The summed E-state index contributed by atoms with van der Waals surface area (Å²) in [5, 5.41) is 18.9. The molecular formula is C13H18N2O4S. The fraction of sp³-hybridized carbons (Fsp3) is 0.538. The molecule has 0 bridgehead atoms. The highest BCUT2D eigenvalue weighted by molar-refractivity contribution is 8.06. The van der Waals surface area contributed by atoms with Crippen LogP contribution in [0.15, 0.2) is 21.6 Å². The minimum atomic E-state index is -1.10. The predicted octanol–water partition coefficient (Wildman–Crippen LogP) is 0.490. The number of aliphatic hydroxyl groups excluding tert-OH is 1. The zero-order valence-electron chi connectivity index (χ0n) is 11.4. The highest BCUT2D eigenvalue weighted by Crippen LogP contribution is 2.48. The maximum atomic E-state index is 12.0. The van der Waals surface area contributed by atoms with Gasteiger partial charge in [0, 0.05) is 17.9 Å². The number of amides is 1. The van der Waals surface area contributed by atoms with Crippen LogP contribution in [0.2, 0.25) is 0 Å². The van der Waals surface area contributed by atoms with Crippen LogP contribution in [0.5, 0.6) is 0 Å². The topological polar surface area (TPSA) is 104 Å². The van der Waals surface area contributed by atoms with E-state index in [-0.39, 0.29) is 17.6 Å². The highest BCUT2D eigenvalue weighted by Gasteiger charge is 2.56. The van der Waals surface area contributed by atoms with E-state index in [9.17, 15) is 19.8 Å². The summed E-state index contributed by atoms with van der Waals surface area (Å²) >= 11 is 1.34. The summed E-state index contributed by atoms with van der Waals surface area (Å²) in [6.07, 6.45) is 1.52. The molecule has 0 spiro atoms. The van der Waals surface area contributed by atoms with Gasteiger partial charge in [-0.25, -0.2) is 4.79 Å². The SMILES string of the molecule is CC(=CCN)SC1=C(C(=O)O)N2C(=O)[C@@H]([C@H](C)O)[C@H]2C1. The lowest BCUT2D eigenvalue weighted by atomic mass is 9.83. The van der Waals surface area contributed by atoms with Crippen molar-refractivity contribution < 1.29 is 19.8 Å². The van der Waals surface area contributed by atoms with Crippen LogP contribution in [0.4, 0.5) is 0 Å². The molecule has 7 heteroatoms. The number of β-lactam (4-membered cyclic amide) rings is 1. The average Bonchev–Trinajstić information content (AvgIpc) is 2.63. The van der Waals surface area contributed by atoms with E-state index in [1.165, 1.54) is 16.7 Å². The molecule has 2 aliphatic heterocycles. The molecule has 3 atom stereocenters. The predicted molar refractivity (Wildman–Crippen MR) is 75.5 cm³/mol. The number of thioether (sulfide) groups is 1. The van der Waals surface area contributed by atoms with Gasteiger partial charge in [-0.1, -0.05) is 17.8 Å². The van der Waals surface area contributed by atoms with E-state index in [0.29, 0.717) is 17.9 Å². The highest BCUT2D eigenvalue weighted by atomic mass is 32.2. The molecule has 0 unspecified atom stereocenters. The smallest absolute Gasteiger partial charge is 0.353 e. The molecule has 0 aromatic heterocycles. The van der Waals surface area contributed by atoms with E-state index in [1.807, 2.05) is 6.92 Å². The normalized spacial score (nSPS) is 27.5. The van der Waals surface area contributed by atoms with Gasteiger partial charge in [0.25, 0.3) is 0 Å². The number of nitrogens with two attached hydrogens (primary N) is 1. The van der Waals surface area contributed by atoms with Crippen LogP contribution in [0.3, 0.4) is 0 Å². The van der Waals surface area contributed by atoms with E-state index in [2.05, 4.69) is 0 Å². The Morgan fingerprint density at radius 3 is 2.80 bits per heavy atom. The van der Waals surface area contributed by atoms with Crippen LogP contribution in [-0.2, 0) is 9.59 Å². The number of hydrogen-bond acceptors (Lipinski definition) is 5. The zero-order valence-corrected chi connectivity index (χ0v) is 12.2. The Labute approximate surface area is 121 Å². The number of carbonyl (C=O) groups excluding carboxylic acids is 1. The van der Waals surface area contributed by atoms with Gasteiger partial charge in [-0.05, 0) is 18.8 Å². The van der Waals surface area contributed by atoms with Gasteiger partial charge >= 0.3 is 5.97 Å². The number of hydrogen-bond donors (Lipinski definition) is 3. The van der Waals surface area contributed by atoms with Gasteiger partial charge in [0.1, 0.15) is 5.70 Å². The molecule has 1 fully saturated rings. The number of carboxylic acids is 1. The van der Waals surface area contributed by atoms with Crippen molar-refractivity contribution in [3.63, 3.8) is 0 Å². The first-order valence-electron chi connectivity index (χ1n) is 6.40. The number of carbonyl (C=O) groups is 2. The minimum absolute atomic E-state index is 0.0478. The molecule has 20 heavy (non-hydrogen) atoms. The van der Waals surface area contributed by atoms with Crippen LogP contribution in [0, 0.1) is 5.92 Å². The first kappa shape index (κ1) is 15.1. The quantitative estimate of drug-likeness (QED) is 0.638. The Kier molecular flexibility index (Phi) is 4.22. The van der Waals surface area contributed by atoms with Gasteiger partial charge in [-0.15, -0.1) is 0 Å². The molecule has 0 aromatic carbocycles. The van der Waals surface area contributed by atoms with E-state index in [1.54, 1.807) is 13.0 Å². The Morgan fingerprint density at radius 2 is 2.30 bits per heavy atom. The third-order valence-electron chi connectivity index (χ3n) is 3.58. The van der Waals surface area contributed by atoms with Crippen molar-refractivity contribution in [2.75, 3.05) is 6.54 Å². The maximum absolute atomic E-state index is 12.0. The molecule has 6 nitrogen and oxygen atoms in total. The first-order chi connectivity index (χ1) is 9.38. The lowest BCUT2D eigenvalue weighted by molar-refractivity contribution is -0.161. The minimum Gasteiger partial charge on any atom is -0.477 e. The Balaban J connectivity index is 2.26. The summed E-state index contributed by atoms with van der Waals surface area (Å²) in [7, 11) is 0. The molecule has 0 saturated carbocycles. The largest absolute Gasteiger partial charge is 0.477 e. The number of rotatable bonds is 5. The number of allylic oxidation sites excluding steroid dienone is 1. The third-order valence-corrected chi connectivity index (χ3v) is 4.68. The monoisotopic (exact) mass is 298 g/mol. The second-order valence-corrected chi connectivity index (χ2v) is 6.32. The number of nitrogens with zero attached hydrogens (tertiary/aromatic N) is 1. The average molecular weight is 298 g/mol. The van der Waals surface area contributed by atoms with Crippen LogP contribution < -0.4 is 5.73 Å². The van der Waals surface area contributed by atoms with Gasteiger partial charge < -0.3 is 20.8 Å². The summed E-state index contributed by atoms with van der Waals surface area (Å²) in [5.41, 5.74) is 5.48. The van der Waals surface area contributed by atoms with Crippen molar-refractivity contribution in [1.29, 1.82) is 0 Å². The van der Waals surface area contributed by atoms with Crippen molar-refractivity contribution >= 4 is 23.6 Å². The summed E-state index contributed by atoms with van der Waals surface area (Å²) < 4.78 is 0. The second-order valence-electron chi connectivity index (χ2n) is 4.98. The number of aliphatic hydroxyl groups is 1. The lowest BCUT2D eigenvalue weighted by Crippen LogP contribution is -2.61. The standard InChI is InChI=1S/C13H18N2O4S/c1-6(3-4-14)20-9-5-8-10(7(2)16)12(17)15(8)11(9)13(18)19/h3,7-8,10,16H,4-5,14H2,1-2H3,(H,18,19)/t7-,8+,10-/m0/s1. The fourth-order valence-corrected chi connectivity index (χ4v) is 3.83. The van der Waals surface area contributed by atoms with E-state index >= 15 is 0 Å². The van der Waals surface area contributed by atoms with Crippen molar-refractivity contribution in [2.45, 2.75) is 32.4 Å². The molecular weight excluding hydrogens is 280 g/mol. The van der Waals surface area contributed by atoms with Gasteiger partial charge in [-0.3, -0.25) is 4.79 Å². The molecule has 2 heterocycles. The molecule has 1 amide bonds. The molecule has 1 saturated heterocycles. The summed E-state index contributed by atoms with van der Waals surface area (Å²) in [6.45, 7) is 3.80. The lowest BCUT2D eigenvalue weighted by Gasteiger charge is -2.44. The van der Waals surface area contributed by atoms with Crippen LogP contribution in [-0.4, -0.2) is 45.7 Å². The number of aliphatic carboxylic acids is 1. The van der Waals surface area contributed by atoms with Crippen LogP contribution in [0.1, 0.15) is 20.3 Å². The van der Waals surface area contributed by atoms with Crippen molar-refractivity contribution in [2.24, 2.45) is 11.7 Å². The Bertz CT molecular complexity index is 513. The van der Waals surface area contributed by atoms with Crippen molar-refractivity contribution in [3.05, 3.63) is 21.6 Å². The van der Waals surface area contributed by atoms with E-state index in [4.69, 9.17) is 5.73 Å². The maximum Gasteiger partial charge on any atom is 0.353 e. The van der Waals surface area contributed by atoms with Crippen LogP contribution >= 0.6 is 11.8 Å². The first-order valence-corrected chi connectivity index (χ1v) is 7.22. The Morgan fingerprint density at radius 1 is 1.65 bits per heavy atom. The van der Waals surface area contributed by atoms with Gasteiger partial charge in [0.15, 0.2) is 0 Å². The van der Waals surface area contributed by atoms with Gasteiger partial charge in [0.2, 0.25) is 5.91 Å². The number of fused-ring (bicyclic) bond motifs is 1. The molecule has 2 aliphatic rings. The van der Waals surface area contributed by atoms with Gasteiger partial charge in [0.05, 0.1) is 18.1 Å². The van der Waals surface area contributed by atoms with Crippen molar-refractivity contribution in [1.82, 2.24) is 4.90 Å². The summed E-state index contributed by atoms with van der Waals surface area (Å²) in [6, 6.07) is -0.234. The molecule has 2 rings (SSSR count). The Hall–Kier alpha value is -1.31. The summed E-state index contributed by atoms with van der Waals surface area (Å²) in [5.74, 6) is -1.91. The van der Waals surface area contributed by atoms with Crippen LogP contribution in [0.25, 0.3) is 0 Å². The molecule has 0 aliphatic carbocycles. The van der Waals surface area contributed by atoms with Crippen molar-refractivity contribution in [3.8, 4) is 0 Å². The molecule has 0 radical (unpaired) electrons. The fourth-order valence-electron chi connectivity index (χ4n) is 2.72. The van der Waals surface area contributed by atoms with Gasteiger partial charge in [-0.2, -0.15) is 0 Å². The summed E-state index contributed by atoms with van der Waals surface area (Å²) in [4.78, 5) is 26.2. The van der Waals surface area contributed by atoms with E-state index < -0.39 is 18.0 Å². The third kappa shape index (κ3) is 2.36. The number of carboxylic acid groups (broad SMARTS) is 1.